The Hall–Kier alpha value is -2.24. The number of para-hydroxylation sites is 1. The van der Waals surface area contributed by atoms with Crippen molar-refractivity contribution in [2.45, 2.75) is 46.3 Å². The fraction of sp³-hybridized carbons (Fsp3) is 0.529. The minimum Gasteiger partial charge on any atom is -0.491 e. The molecule has 1 rings (SSSR count). The van der Waals surface area contributed by atoms with Gasteiger partial charge in [-0.2, -0.15) is 0 Å². The summed E-state index contributed by atoms with van der Waals surface area (Å²) in [7, 11) is 0. The molecule has 0 unspecified atom stereocenters. The number of carbonyl (C=O) groups excluding carboxylic acids is 1. The van der Waals surface area contributed by atoms with E-state index < -0.39 is 23.7 Å². The van der Waals surface area contributed by atoms with Crippen molar-refractivity contribution in [2.75, 3.05) is 13.2 Å². The van der Waals surface area contributed by atoms with Crippen molar-refractivity contribution in [1.29, 1.82) is 0 Å². The number of benzene rings is 1. The van der Waals surface area contributed by atoms with Crippen LogP contribution in [0.2, 0.25) is 0 Å². The third-order valence-electron chi connectivity index (χ3n) is 3.12. The van der Waals surface area contributed by atoms with Crippen molar-refractivity contribution < 1.29 is 24.2 Å². The molecule has 0 radical (unpaired) electrons. The first kappa shape index (κ1) is 18.8. The fourth-order valence-corrected chi connectivity index (χ4v) is 1.98. The topological polar surface area (TPSA) is 76.1 Å². The quantitative estimate of drug-likeness (QED) is 0.870. The van der Waals surface area contributed by atoms with E-state index in [9.17, 15) is 14.7 Å². The Bertz CT molecular complexity index is 550. The number of carboxylic acids is 1. The van der Waals surface area contributed by atoms with Crippen LogP contribution >= 0.6 is 0 Å². The molecule has 0 fully saturated rings. The van der Waals surface area contributed by atoms with Crippen LogP contribution in [0.1, 0.15) is 33.3 Å². The third kappa shape index (κ3) is 5.81. The lowest BCUT2D eigenvalue weighted by atomic mass is 10.2. The van der Waals surface area contributed by atoms with Crippen LogP contribution in [0, 0.1) is 6.92 Å². The standard InChI is InChI=1S/C17H25NO5/c1-6-18(16(21)23-17(3,4)5)13(15(19)20)11-22-14-10-8-7-9-12(14)2/h7-10,13H,6,11H2,1-5H3,(H,19,20)/t13-/m0/s1. The zero-order valence-corrected chi connectivity index (χ0v) is 14.3. The zero-order valence-electron chi connectivity index (χ0n) is 14.3. The molecule has 6 heteroatoms. The summed E-state index contributed by atoms with van der Waals surface area (Å²) in [5.41, 5.74) is 0.210. The highest BCUT2D eigenvalue weighted by molar-refractivity contribution is 5.80. The van der Waals surface area contributed by atoms with E-state index in [0.29, 0.717) is 5.75 Å². The Balaban J connectivity index is 2.85. The molecule has 0 aliphatic heterocycles. The fourth-order valence-electron chi connectivity index (χ4n) is 1.98. The molecule has 0 spiro atoms. The Morgan fingerprint density at radius 2 is 1.87 bits per heavy atom. The summed E-state index contributed by atoms with van der Waals surface area (Å²) in [5.74, 6) is -0.537. The molecule has 0 bridgehead atoms. The maximum atomic E-state index is 12.2. The van der Waals surface area contributed by atoms with Crippen LogP contribution in [0.15, 0.2) is 24.3 Å². The second-order valence-corrected chi connectivity index (χ2v) is 6.20. The largest absolute Gasteiger partial charge is 0.491 e. The number of aliphatic carboxylic acids is 1. The van der Waals surface area contributed by atoms with E-state index in [4.69, 9.17) is 9.47 Å². The van der Waals surface area contributed by atoms with Crippen LogP contribution < -0.4 is 4.74 Å². The van der Waals surface area contributed by atoms with Gasteiger partial charge < -0.3 is 14.6 Å². The van der Waals surface area contributed by atoms with Gasteiger partial charge in [-0.1, -0.05) is 18.2 Å². The molecule has 1 aromatic rings. The highest BCUT2D eigenvalue weighted by atomic mass is 16.6. The average Bonchev–Trinajstić information content (AvgIpc) is 2.42. The number of carbonyl (C=O) groups is 2. The predicted octanol–water partition coefficient (Wildman–Crippen LogP) is 3.08. The van der Waals surface area contributed by atoms with Crippen LogP contribution in [0.5, 0.6) is 5.75 Å². The maximum absolute atomic E-state index is 12.2. The van der Waals surface area contributed by atoms with Crippen LogP contribution in [0.3, 0.4) is 0 Å². The van der Waals surface area contributed by atoms with Gasteiger partial charge in [0.2, 0.25) is 0 Å². The summed E-state index contributed by atoms with van der Waals surface area (Å²) in [6.45, 7) is 8.84. The first-order valence-corrected chi connectivity index (χ1v) is 7.56. The number of hydrogen-bond acceptors (Lipinski definition) is 4. The number of likely N-dealkylation sites (N-methyl/N-ethyl adjacent to an activating group) is 1. The molecule has 1 aromatic carbocycles. The van der Waals surface area contributed by atoms with E-state index in [-0.39, 0.29) is 13.2 Å². The number of aryl methyl sites for hydroxylation is 1. The molecule has 6 nitrogen and oxygen atoms in total. The molecule has 0 saturated heterocycles. The summed E-state index contributed by atoms with van der Waals surface area (Å²) in [5, 5.41) is 9.44. The second-order valence-electron chi connectivity index (χ2n) is 6.20. The Labute approximate surface area is 137 Å². The number of rotatable bonds is 6. The minimum absolute atomic E-state index is 0.146. The molecule has 128 valence electrons. The molecule has 1 atom stereocenters. The smallest absolute Gasteiger partial charge is 0.411 e. The SMILES string of the molecule is CCN(C(=O)OC(C)(C)C)[C@@H](COc1ccccc1C)C(=O)O. The van der Waals surface area contributed by atoms with E-state index in [1.165, 1.54) is 0 Å². The van der Waals surface area contributed by atoms with Gasteiger partial charge in [0.25, 0.3) is 0 Å². The highest BCUT2D eigenvalue weighted by Crippen LogP contribution is 2.18. The van der Waals surface area contributed by atoms with Crippen LogP contribution in [-0.4, -0.2) is 46.9 Å². The Kier molecular flexibility index (Phi) is 6.42. The number of nitrogens with zero attached hydrogens (tertiary/aromatic N) is 1. The Morgan fingerprint density at radius 1 is 1.26 bits per heavy atom. The monoisotopic (exact) mass is 323 g/mol. The number of amides is 1. The van der Waals surface area contributed by atoms with Crippen molar-refractivity contribution in [3.63, 3.8) is 0 Å². The van der Waals surface area contributed by atoms with Crippen molar-refractivity contribution in [3.05, 3.63) is 29.8 Å². The first-order valence-electron chi connectivity index (χ1n) is 7.56. The van der Waals surface area contributed by atoms with Gasteiger partial charge in [-0.05, 0) is 46.2 Å². The number of ether oxygens (including phenoxy) is 2. The molecule has 23 heavy (non-hydrogen) atoms. The van der Waals surface area contributed by atoms with Gasteiger partial charge >= 0.3 is 12.1 Å². The molecule has 1 amide bonds. The predicted molar refractivity (Wildman–Crippen MR) is 86.7 cm³/mol. The summed E-state index contributed by atoms with van der Waals surface area (Å²) in [6.07, 6.45) is -0.666. The minimum atomic E-state index is -1.13. The molecule has 0 aromatic heterocycles. The van der Waals surface area contributed by atoms with E-state index in [0.717, 1.165) is 10.5 Å². The average molecular weight is 323 g/mol. The molecule has 0 heterocycles. The van der Waals surface area contributed by atoms with Crippen molar-refractivity contribution >= 4 is 12.1 Å². The van der Waals surface area contributed by atoms with E-state index in [2.05, 4.69) is 0 Å². The lowest BCUT2D eigenvalue weighted by Gasteiger charge is -2.30. The van der Waals surface area contributed by atoms with Crippen molar-refractivity contribution in [2.24, 2.45) is 0 Å². The van der Waals surface area contributed by atoms with Gasteiger partial charge in [0.15, 0.2) is 6.04 Å². The summed E-state index contributed by atoms with van der Waals surface area (Å²) < 4.78 is 10.9. The normalized spacial score (nSPS) is 12.4. The van der Waals surface area contributed by atoms with Crippen molar-refractivity contribution in [1.82, 2.24) is 4.90 Å². The van der Waals surface area contributed by atoms with Crippen LogP contribution in [-0.2, 0) is 9.53 Å². The maximum Gasteiger partial charge on any atom is 0.411 e. The van der Waals surface area contributed by atoms with E-state index >= 15 is 0 Å². The van der Waals surface area contributed by atoms with Crippen molar-refractivity contribution in [3.8, 4) is 5.75 Å². The third-order valence-corrected chi connectivity index (χ3v) is 3.12. The lowest BCUT2D eigenvalue weighted by molar-refractivity contribution is -0.144. The number of carboxylic acid groups (broad SMARTS) is 1. The molecule has 0 aliphatic carbocycles. The highest BCUT2D eigenvalue weighted by Gasteiger charge is 2.32. The first-order chi connectivity index (χ1) is 10.7. The molecule has 0 saturated carbocycles. The van der Waals surface area contributed by atoms with Crippen LogP contribution in [0.25, 0.3) is 0 Å². The van der Waals surface area contributed by atoms with Gasteiger partial charge in [0.05, 0.1) is 0 Å². The van der Waals surface area contributed by atoms with Gasteiger partial charge in [-0.15, -0.1) is 0 Å². The summed E-state index contributed by atoms with van der Waals surface area (Å²) in [6, 6.07) is 6.20. The molecule has 1 N–H and O–H groups in total. The van der Waals surface area contributed by atoms with Gasteiger partial charge in [0, 0.05) is 6.54 Å². The summed E-state index contributed by atoms with van der Waals surface area (Å²) >= 11 is 0. The Morgan fingerprint density at radius 3 is 2.35 bits per heavy atom. The molecule has 0 aliphatic rings. The molecular weight excluding hydrogens is 298 g/mol. The summed E-state index contributed by atoms with van der Waals surface area (Å²) in [4.78, 5) is 24.9. The van der Waals surface area contributed by atoms with Gasteiger partial charge in [-0.3, -0.25) is 4.90 Å². The molecular formula is C17H25NO5. The van der Waals surface area contributed by atoms with E-state index in [1.807, 2.05) is 25.1 Å². The lowest BCUT2D eigenvalue weighted by Crippen LogP contribution is -2.50. The number of hydrogen-bond donors (Lipinski definition) is 1. The second kappa shape index (κ2) is 7.85. The van der Waals surface area contributed by atoms with Gasteiger partial charge in [-0.25, -0.2) is 9.59 Å². The zero-order chi connectivity index (χ0) is 17.6. The van der Waals surface area contributed by atoms with Crippen LogP contribution in [0.4, 0.5) is 4.79 Å². The van der Waals surface area contributed by atoms with Gasteiger partial charge in [0.1, 0.15) is 18.0 Å². The van der Waals surface area contributed by atoms with E-state index in [1.54, 1.807) is 33.8 Å².